The first-order valence-corrected chi connectivity index (χ1v) is 5.75. The lowest BCUT2D eigenvalue weighted by Gasteiger charge is -2.09. The molecule has 0 bridgehead atoms. The summed E-state index contributed by atoms with van der Waals surface area (Å²) in [4.78, 5) is 11.5. The highest BCUT2D eigenvalue weighted by atomic mass is 35.5. The largest absolute Gasteiger partial charge is 0.325 e. The molecule has 1 aromatic rings. The minimum Gasteiger partial charge on any atom is -0.325 e. The molecule has 0 spiro atoms. The summed E-state index contributed by atoms with van der Waals surface area (Å²) in [5, 5.41) is 6.52. The Morgan fingerprint density at radius 1 is 1.38 bits per heavy atom. The number of nitrogens with one attached hydrogen (secondary N) is 2. The van der Waals surface area contributed by atoms with Crippen LogP contribution in [0.4, 0.5) is 5.69 Å². The molecule has 0 saturated carbocycles. The van der Waals surface area contributed by atoms with Gasteiger partial charge in [0.05, 0.1) is 10.7 Å². The number of hydrogen-bond acceptors (Lipinski definition) is 2. The highest BCUT2D eigenvalue weighted by Gasteiger charge is 2.04. The number of halogens is 1. The Kier molecular flexibility index (Phi) is 5.29. The van der Waals surface area contributed by atoms with E-state index in [4.69, 9.17) is 11.6 Å². The van der Waals surface area contributed by atoms with Crippen LogP contribution in [-0.2, 0) is 4.79 Å². The Hall–Kier alpha value is -1.06. The van der Waals surface area contributed by atoms with Gasteiger partial charge < -0.3 is 10.6 Å². The van der Waals surface area contributed by atoms with Gasteiger partial charge in [-0.3, -0.25) is 4.79 Å². The van der Waals surface area contributed by atoms with Gasteiger partial charge in [0.2, 0.25) is 5.91 Å². The Bertz CT molecular complexity index is 353. The molecular formula is C12H17ClN2O. The summed E-state index contributed by atoms with van der Waals surface area (Å²) in [7, 11) is 0. The van der Waals surface area contributed by atoms with Gasteiger partial charge in [0.1, 0.15) is 0 Å². The Morgan fingerprint density at radius 2 is 2.06 bits per heavy atom. The molecule has 1 aromatic carbocycles. The second-order valence-electron chi connectivity index (χ2n) is 3.89. The minimum atomic E-state index is -0.0266. The zero-order valence-corrected chi connectivity index (χ0v) is 10.3. The predicted octanol–water partition coefficient (Wildman–Crippen LogP) is 2.67. The summed E-state index contributed by atoms with van der Waals surface area (Å²) in [6.07, 6.45) is 0.448. The van der Waals surface area contributed by atoms with Crippen LogP contribution in [0, 0.1) is 0 Å². The Labute approximate surface area is 101 Å². The molecule has 88 valence electrons. The van der Waals surface area contributed by atoms with Crippen LogP contribution in [0.2, 0.25) is 5.02 Å². The van der Waals surface area contributed by atoms with Crippen molar-refractivity contribution in [2.24, 2.45) is 0 Å². The van der Waals surface area contributed by atoms with E-state index in [0.29, 0.717) is 29.7 Å². The third kappa shape index (κ3) is 4.64. The predicted molar refractivity (Wildman–Crippen MR) is 67.8 cm³/mol. The van der Waals surface area contributed by atoms with Crippen LogP contribution in [0.5, 0.6) is 0 Å². The van der Waals surface area contributed by atoms with Crippen LogP contribution in [0.25, 0.3) is 0 Å². The highest BCUT2D eigenvalue weighted by molar-refractivity contribution is 6.33. The molecule has 1 amide bonds. The van der Waals surface area contributed by atoms with Crippen molar-refractivity contribution in [1.29, 1.82) is 0 Å². The van der Waals surface area contributed by atoms with Gasteiger partial charge in [0.15, 0.2) is 0 Å². The summed E-state index contributed by atoms with van der Waals surface area (Å²) in [5.74, 6) is -0.0266. The molecule has 4 heteroatoms. The normalized spacial score (nSPS) is 10.5. The van der Waals surface area contributed by atoms with Crippen molar-refractivity contribution < 1.29 is 4.79 Å². The molecule has 0 atom stereocenters. The van der Waals surface area contributed by atoms with Gasteiger partial charge in [-0.25, -0.2) is 0 Å². The van der Waals surface area contributed by atoms with Gasteiger partial charge in [-0.2, -0.15) is 0 Å². The molecule has 16 heavy (non-hydrogen) atoms. The van der Waals surface area contributed by atoms with E-state index in [1.54, 1.807) is 12.1 Å². The lowest BCUT2D eigenvalue weighted by Crippen LogP contribution is -2.27. The SMILES string of the molecule is CC(C)NCCC(=O)Nc1ccccc1Cl. The smallest absolute Gasteiger partial charge is 0.225 e. The fourth-order valence-electron chi connectivity index (χ4n) is 1.25. The number of hydrogen-bond donors (Lipinski definition) is 2. The molecule has 0 heterocycles. The molecule has 3 nitrogen and oxygen atoms in total. The molecule has 0 unspecified atom stereocenters. The quantitative estimate of drug-likeness (QED) is 0.831. The topological polar surface area (TPSA) is 41.1 Å². The first kappa shape index (κ1) is 13.0. The lowest BCUT2D eigenvalue weighted by atomic mass is 10.3. The Balaban J connectivity index is 2.37. The minimum absolute atomic E-state index is 0.0266. The van der Waals surface area contributed by atoms with Crippen LogP contribution in [0.3, 0.4) is 0 Å². The third-order valence-corrected chi connectivity index (χ3v) is 2.38. The van der Waals surface area contributed by atoms with E-state index in [2.05, 4.69) is 10.6 Å². The van der Waals surface area contributed by atoms with Crippen molar-refractivity contribution in [3.63, 3.8) is 0 Å². The summed E-state index contributed by atoms with van der Waals surface area (Å²) in [6, 6.07) is 7.61. The van der Waals surface area contributed by atoms with Crippen LogP contribution >= 0.6 is 11.6 Å². The van der Waals surface area contributed by atoms with Gasteiger partial charge >= 0.3 is 0 Å². The van der Waals surface area contributed by atoms with Crippen molar-refractivity contribution in [2.45, 2.75) is 26.3 Å². The monoisotopic (exact) mass is 240 g/mol. The fraction of sp³-hybridized carbons (Fsp3) is 0.417. The number of para-hydroxylation sites is 1. The fourth-order valence-corrected chi connectivity index (χ4v) is 1.43. The van der Waals surface area contributed by atoms with Crippen molar-refractivity contribution in [1.82, 2.24) is 5.32 Å². The standard InChI is InChI=1S/C12H17ClN2O/c1-9(2)14-8-7-12(16)15-11-6-4-3-5-10(11)13/h3-6,9,14H,7-8H2,1-2H3,(H,15,16). The molecule has 0 aliphatic heterocycles. The van der Waals surface area contributed by atoms with E-state index < -0.39 is 0 Å². The van der Waals surface area contributed by atoms with E-state index in [1.165, 1.54) is 0 Å². The number of anilines is 1. The number of carbonyl (C=O) groups excluding carboxylic acids is 1. The lowest BCUT2D eigenvalue weighted by molar-refractivity contribution is -0.116. The van der Waals surface area contributed by atoms with Crippen LogP contribution in [0.1, 0.15) is 20.3 Å². The average Bonchev–Trinajstić information content (AvgIpc) is 2.21. The maximum atomic E-state index is 11.5. The van der Waals surface area contributed by atoms with E-state index in [1.807, 2.05) is 26.0 Å². The van der Waals surface area contributed by atoms with Crippen LogP contribution < -0.4 is 10.6 Å². The maximum absolute atomic E-state index is 11.5. The van der Waals surface area contributed by atoms with Gasteiger partial charge in [-0.15, -0.1) is 0 Å². The first-order valence-electron chi connectivity index (χ1n) is 5.37. The van der Waals surface area contributed by atoms with E-state index in [9.17, 15) is 4.79 Å². The van der Waals surface area contributed by atoms with Crippen molar-refractivity contribution in [3.8, 4) is 0 Å². The molecule has 0 aromatic heterocycles. The molecular weight excluding hydrogens is 224 g/mol. The zero-order valence-electron chi connectivity index (χ0n) is 9.59. The van der Waals surface area contributed by atoms with E-state index >= 15 is 0 Å². The summed E-state index contributed by atoms with van der Waals surface area (Å²) >= 11 is 5.92. The number of rotatable bonds is 5. The maximum Gasteiger partial charge on any atom is 0.225 e. The summed E-state index contributed by atoms with van der Waals surface area (Å²) in [5.41, 5.74) is 0.665. The van der Waals surface area contributed by atoms with Gasteiger partial charge in [-0.05, 0) is 12.1 Å². The number of amides is 1. The van der Waals surface area contributed by atoms with Crippen molar-refractivity contribution in [3.05, 3.63) is 29.3 Å². The zero-order chi connectivity index (χ0) is 12.0. The molecule has 0 aliphatic carbocycles. The molecule has 0 fully saturated rings. The molecule has 0 radical (unpaired) electrons. The van der Waals surface area contributed by atoms with Crippen LogP contribution in [0.15, 0.2) is 24.3 Å². The van der Waals surface area contributed by atoms with Crippen LogP contribution in [-0.4, -0.2) is 18.5 Å². The second-order valence-corrected chi connectivity index (χ2v) is 4.29. The first-order chi connectivity index (χ1) is 7.59. The number of carbonyl (C=O) groups is 1. The number of benzene rings is 1. The van der Waals surface area contributed by atoms with Gasteiger partial charge in [0.25, 0.3) is 0 Å². The van der Waals surface area contributed by atoms with E-state index in [0.717, 1.165) is 0 Å². The average molecular weight is 241 g/mol. The molecule has 1 rings (SSSR count). The summed E-state index contributed by atoms with van der Waals surface area (Å²) < 4.78 is 0. The third-order valence-electron chi connectivity index (χ3n) is 2.05. The summed E-state index contributed by atoms with van der Waals surface area (Å²) in [6.45, 7) is 4.77. The highest BCUT2D eigenvalue weighted by Crippen LogP contribution is 2.20. The second kappa shape index (κ2) is 6.51. The Morgan fingerprint density at radius 3 is 2.69 bits per heavy atom. The molecule has 2 N–H and O–H groups in total. The van der Waals surface area contributed by atoms with Crippen molar-refractivity contribution >= 4 is 23.2 Å². The van der Waals surface area contributed by atoms with Gasteiger partial charge in [0, 0.05) is 19.0 Å². The van der Waals surface area contributed by atoms with Gasteiger partial charge in [-0.1, -0.05) is 37.6 Å². The molecule has 0 aliphatic rings. The van der Waals surface area contributed by atoms with Crippen molar-refractivity contribution in [2.75, 3.05) is 11.9 Å². The molecule has 0 saturated heterocycles. The van der Waals surface area contributed by atoms with E-state index in [-0.39, 0.29) is 5.91 Å².